The third-order valence-corrected chi connectivity index (χ3v) is 4.39. The Morgan fingerprint density at radius 1 is 1.40 bits per heavy atom. The first kappa shape index (κ1) is 15.4. The minimum atomic E-state index is -0.161. The highest BCUT2D eigenvalue weighted by molar-refractivity contribution is 9.08. The maximum Gasteiger partial charge on any atom is 0.265 e. The molecule has 3 nitrogen and oxygen atoms in total. The Labute approximate surface area is 135 Å². The van der Waals surface area contributed by atoms with Crippen LogP contribution < -0.4 is 10.1 Å². The lowest BCUT2D eigenvalue weighted by molar-refractivity contribution is 0.103. The quantitative estimate of drug-likeness (QED) is 0.752. The summed E-state index contributed by atoms with van der Waals surface area (Å²) in [5, 5.41) is 3.52. The molecule has 2 aromatic rings. The molecule has 20 heavy (non-hydrogen) atoms. The highest BCUT2D eigenvalue weighted by Crippen LogP contribution is 2.26. The predicted molar refractivity (Wildman–Crippen MR) is 87.5 cm³/mol. The average molecular weight is 375 g/mol. The van der Waals surface area contributed by atoms with Crippen LogP contribution in [0.5, 0.6) is 5.75 Å². The fourth-order valence-corrected chi connectivity index (χ4v) is 3.06. The third kappa shape index (κ3) is 3.75. The molecule has 0 aliphatic rings. The number of rotatable bonds is 5. The Bertz CT molecular complexity index is 615. The zero-order valence-electron chi connectivity index (χ0n) is 10.8. The van der Waals surface area contributed by atoms with Crippen molar-refractivity contribution in [3.05, 3.63) is 45.1 Å². The maximum atomic E-state index is 12.0. The number of hydrogen-bond donors (Lipinski definition) is 1. The third-order valence-electron chi connectivity index (χ3n) is 2.56. The summed E-state index contributed by atoms with van der Waals surface area (Å²) in [6.45, 7) is 2.55. The number of carbonyl (C=O) groups is 1. The number of halogens is 2. The van der Waals surface area contributed by atoms with Crippen LogP contribution in [0.25, 0.3) is 0 Å². The lowest BCUT2D eigenvalue weighted by Crippen LogP contribution is -2.10. The van der Waals surface area contributed by atoms with Crippen molar-refractivity contribution in [2.24, 2.45) is 0 Å². The molecule has 0 saturated carbocycles. The number of hydrogen-bond acceptors (Lipinski definition) is 3. The van der Waals surface area contributed by atoms with E-state index in [0.717, 1.165) is 17.0 Å². The van der Waals surface area contributed by atoms with Gasteiger partial charge in [-0.05, 0) is 37.3 Å². The molecular weight excluding hydrogens is 362 g/mol. The summed E-state index contributed by atoms with van der Waals surface area (Å²) >= 11 is 10.5. The first-order valence-electron chi connectivity index (χ1n) is 6.02. The monoisotopic (exact) mass is 373 g/mol. The van der Waals surface area contributed by atoms with Crippen molar-refractivity contribution in [2.45, 2.75) is 12.3 Å². The van der Waals surface area contributed by atoms with E-state index in [2.05, 4.69) is 21.2 Å². The molecule has 0 radical (unpaired) electrons. The van der Waals surface area contributed by atoms with Crippen molar-refractivity contribution < 1.29 is 9.53 Å². The highest BCUT2D eigenvalue weighted by Gasteiger charge is 2.10. The summed E-state index contributed by atoms with van der Waals surface area (Å²) in [6.07, 6.45) is 0. The number of carbonyl (C=O) groups excluding carboxylic acids is 1. The standard InChI is InChI=1S/C14H13BrClNO2S/c1-2-19-11-4-3-10(7-9(11)8-15)17-14(18)12-5-6-13(16)20-12/h3-7H,2,8H2,1H3,(H,17,18). The zero-order chi connectivity index (χ0) is 14.5. The second kappa shape index (κ2) is 7.11. The van der Waals surface area contributed by atoms with Crippen molar-refractivity contribution in [1.82, 2.24) is 0 Å². The molecule has 1 aromatic heterocycles. The van der Waals surface area contributed by atoms with Crippen molar-refractivity contribution >= 4 is 50.5 Å². The van der Waals surface area contributed by atoms with E-state index in [1.807, 2.05) is 25.1 Å². The van der Waals surface area contributed by atoms with E-state index in [1.165, 1.54) is 11.3 Å². The number of amides is 1. The SMILES string of the molecule is CCOc1ccc(NC(=O)c2ccc(Cl)s2)cc1CBr. The highest BCUT2D eigenvalue weighted by atomic mass is 79.9. The molecule has 0 fully saturated rings. The largest absolute Gasteiger partial charge is 0.494 e. The van der Waals surface area contributed by atoms with Gasteiger partial charge in [-0.2, -0.15) is 0 Å². The van der Waals surface area contributed by atoms with Gasteiger partial charge in [0, 0.05) is 16.6 Å². The Morgan fingerprint density at radius 3 is 2.80 bits per heavy atom. The van der Waals surface area contributed by atoms with Crippen LogP contribution in [0, 0.1) is 0 Å². The number of nitrogens with one attached hydrogen (secondary N) is 1. The van der Waals surface area contributed by atoms with Crippen molar-refractivity contribution in [1.29, 1.82) is 0 Å². The van der Waals surface area contributed by atoms with Gasteiger partial charge >= 0.3 is 0 Å². The topological polar surface area (TPSA) is 38.3 Å². The van der Waals surface area contributed by atoms with Gasteiger partial charge in [-0.15, -0.1) is 11.3 Å². The Balaban J connectivity index is 2.15. The molecule has 6 heteroatoms. The van der Waals surface area contributed by atoms with Crippen LogP contribution in [0.4, 0.5) is 5.69 Å². The number of alkyl halides is 1. The average Bonchev–Trinajstić information content (AvgIpc) is 2.87. The maximum absolute atomic E-state index is 12.0. The Morgan fingerprint density at radius 2 is 2.20 bits per heavy atom. The number of thiophene rings is 1. The number of benzene rings is 1. The molecule has 0 atom stereocenters. The van der Waals surface area contributed by atoms with E-state index in [0.29, 0.717) is 21.2 Å². The minimum absolute atomic E-state index is 0.161. The Kier molecular flexibility index (Phi) is 5.46. The fraction of sp³-hybridized carbons (Fsp3) is 0.214. The number of anilines is 1. The molecule has 0 unspecified atom stereocenters. The molecule has 2 rings (SSSR count). The van der Waals surface area contributed by atoms with Gasteiger partial charge in [-0.3, -0.25) is 4.79 Å². The molecule has 1 heterocycles. The molecule has 0 saturated heterocycles. The van der Waals surface area contributed by atoms with Crippen LogP contribution in [0.2, 0.25) is 4.34 Å². The fourth-order valence-electron chi connectivity index (χ4n) is 1.69. The van der Waals surface area contributed by atoms with E-state index in [9.17, 15) is 4.79 Å². The van der Waals surface area contributed by atoms with Gasteiger partial charge in [0.25, 0.3) is 5.91 Å². The van der Waals surface area contributed by atoms with Crippen LogP contribution >= 0.6 is 38.9 Å². The van der Waals surface area contributed by atoms with Crippen LogP contribution in [-0.4, -0.2) is 12.5 Å². The van der Waals surface area contributed by atoms with Gasteiger partial charge in [0.05, 0.1) is 15.8 Å². The van der Waals surface area contributed by atoms with Crippen LogP contribution in [-0.2, 0) is 5.33 Å². The van der Waals surface area contributed by atoms with Gasteiger partial charge in [0.15, 0.2) is 0 Å². The van der Waals surface area contributed by atoms with E-state index in [4.69, 9.17) is 16.3 Å². The van der Waals surface area contributed by atoms with Gasteiger partial charge in [0.1, 0.15) is 5.75 Å². The van der Waals surface area contributed by atoms with Gasteiger partial charge in [-0.25, -0.2) is 0 Å². The molecule has 0 aliphatic carbocycles. The molecule has 0 aliphatic heterocycles. The Hall–Kier alpha value is -1.04. The molecule has 1 amide bonds. The van der Waals surface area contributed by atoms with Gasteiger partial charge in [-0.1, -0.05) is 27.5 Å². The summed E-state index contributed by atoms with van der Waals surface area (Å²) in [7, 11) is 0. The first-order valence-corrected chi connectivity index (χ1v) is 8.34. The summed E-state index contributed by atoms with van der Waals surface area (Å²) in [5.41, 5.74) is 1.73. The van der Waals surface area contributed by atoms with E-state index in [-0.39, 0.29) is 5.91 Å². The van der Waals surface area contributed by atoms with Gasteiger partial charge < -0.3 is 10.1 Å². The minimum Gasteiger partial charge on any atom is -0.494 e. The first-order chi connectivity index (χ1) is 9.63. The summed E-state index contributed by atoms with van der Waals surface area (Å²) in [5.74, 6) is 0.660. The van der Waals surface area contributed by atoms with Gasteiger partial charge in [0.2, 0.25) is 0 Å². The summed E-state index contributed by atoms with van der Waals surface area (Å²) in [6, 6.07) is 9.00. The number of ether oxygens (including phenoxy) is 1. The van der Waals surface area contributed by atoms with Crippen LogP contribution in [0.1, 0.15) is 22.2 Å². The van der Waals surface area contributed by atoms with Crippen LogP contribution in [0.15, 0.2) is 30.3 Å². The van der Waals surface area contributed by atoms with Crippen LogP contribution in [0.3, 0.4) is 0 Å². The van der Waals surface area contributed by atoms with E-state index in [1.54, 1.807) is 12.1 Å². The second-order valence-electron chi connectivity index (χ2n) is 3.95. The zero-order valence-corrected chi connectivity index (χ0v) is 13.9. The lowest BCUT2D eigenvalue weighted by Gasteiger charge is -2.11. The normalized spacial score (nSPS) is 10.3. The molecule has 1 aromatic carbocycles. The summed E-state index contributed by atoms with van der Waals surface area (Å²) in [4.78, 5) is 12.6. The molecule has 106 valence electrons. The molecule has 1 N–H and O–H groups in total. The van der Waals surface area contributed by atoms with Crippen molar-refractivity contribution in [3.63, 3.8) is 0 Å². The van der Waals surface area contributed by atoms with Crippen molar-refractivity contribution in [2.75, 3.05) is 11.9 Å². The molecule has 0 spiro atoms. The lowest BCUT2D eigenvalue weighted by atomic mass is 10.2. The molecular formula is C14H13BrClNO2S. The smallest absolute Gasteiger partial charge is 0.265 e. The second-order valence-corrected chi connectivity index (χ2v) is 6.22. The van der Waals surface area contributed by atoms with E-state index < -0.39 is 0 Å². The summed E-state index contributed by atoms with van der Waals surface area (Å²) < 4.78 is 6.12. The van der Waals surface area contributed by atoms with Crippen molar-refractivity contribution in [3.8, 4) is 5.75 Å². The van der Waals surface area contributed by atoms with E-state index >= 15 is 0 Å². The predicted octanol–water partition coefficient (Wildman–Crippen LogP) is 4.95. The molecule has 0 bridgehead atoms.